The monoisotopic (exact) mass is 378 g/mol. The highest BCUT2D eigenvalue weighted by molar-refractivity contribution is 6.67. The maximum absolute atomic E-state index is 12.3. The van der Waals surface area contributed by atoms with Gasteiger partial charge in [-0.15, -0.1) is 5.11 Å². The molecule has 0 spiro atoms. The average molecular weight is 377 g/mol. The van der Waals surface area contributed by atoms with Crippen LogP contribution in [-0.4, -0.2) is 56.2 Å². The summed E-state index contributed by atoms with van der Waals surface area (Å²) in [4.78, 5) is 35.5. The van der Waals surface area contributed by atoms with E-state index in [9.17, 15) is 19.5 Å². The van der Waals surface area contributed by atoms with Gasteiger partial charge in [0, 0.05) is 29.1 Å². The van der Waals surface area contributed by atoms with Crippen LogP contribution < -0.4 is 21.5 Å². The molecule has 0 saturated heterocycles. The van der Waals surface area contributed by atoms with Crippen molar-refractivity contribution >= 4 is 62.6 Å². The van der Waals surface area contributed by atoms with Crippen LogP contribution in [0.5, 0.6) is 5.75 Å². The third kappa shape index (κ3) is 3.34. The molecule has 1 aliphatic rings. The Morgan fingerprint density at radius 3 is 2.14 bits per heavy atom. The van der Waals surface area contributed by atoms with Crippen LogP contribution in [-0.2, 0) is 0 Å². The zero-order valence-electron chi connectivity index (χ0n) is 15.7. The van der Waals surface area contributed by atoms with E-state index in [1.54, 1.807) is 0 Å². The number of carbonyl (C=O) groups excluding carboxylic acids is 1. The van der Waals surface area contributed by atoms with Crippen molar-refractivity contribution in [2.75, 3.05) is 10.6 Å². The molecular formula is C18H15B5N2O4. The Kier molecular flexibility index (Phi) is 5.30. The SMILES string of the molecule is [B]C([B])([B])C([B])([B])C1(Nc2c(Nc3cccc(C=O)c3O)c(=O)c2=O)CCCC1. The first-order chi connectivity index (χ1) is 13.4. The van der Waals surface area contributed by atoms with Crippen LogP contribution in [0.25, 0.3) is 0 Å². The molecule has 2 aromatic rings. The normalized spacial score (nSPS) is 16.6. The van der Waals surface area contributed by atoms with Gasteiger partial charge in [-0.25, -0.2) is 0 Å². The molecule has 136 valence electrons. The molecule has 11 heteroatoms. The fourth-order valence-corrected chi connectivity index (χ4v) is 3.80. The van der Waals surface area contributed by atoms with E-state index < -0.39 is 26.7 Å². The van der Waals surface area contributed by atoms with Crippen molar-refractivity contribution in [2.45, 2.75) is 41.5 Å². The molecule has 1 saturated carbocycles. The zero-order valence-corrected chi connectivity index (χ0v) is 15.7. The van der Waals surface area contributed by atoms with E-state index in [-0.39, 0.29) is 28.4 Å². The molecule has 3 N–H and O–H groups in total. The third-order valence-electron chi connectivity index (χ3n) is 5.69. The van der Waals surface area contributed by atoms with Crippen LogP contribution in [0.4, 0.5) is 17.1 Å². The number of carbonyl (C=O) groups is 1. The van der Waals surface area contributed by atoms with Crippen LogP contribution in [0.1, 0.15) is 36.0 Å². The van der Waals surface area contributed by atoms with Gasteiger partial charge < -0.3 is 15.7 Å². The van der Waals surface area contributed by atoms with Crippen molar-refractivity contribution < 1.29 is 9.90 Å². The van der Waals surface area contributed by atoms with E-state index in [0.29, 0.717) is 19.1 Å². The van der Waals surface area contributed by atoms with Crippen LogP contribution in [0.2, 0.25) is 10.3 Å². The van der Waals surface area contributed by atoms with Crippen molar-refractivity contribution in [2.24, 2.45) is 0 Å². The number of benzene rings is 1. The molecule has 0 bridgehead atoms. The molecule has 1 aliphatic carbocycles. The Labute approximate surface area is 175 Å². The lowest BCUT2D eigenvalue weighted by atomic mass is 9.19. The second kappa shape index (κ2) is 7.19. The lowest BCUT2D eigenvalue weighted by Gasteiger charge is -2.56. The van der Waals surface area contributed by atoms with Gasteiger partial charge in [0.15, 0.2) is 6.29 Å². The molecule has 29 heavy (non-hydrogen) atoms. The van der Waals surface area contributed by atoms with Crippen molar-refractivity contribution in [1.82, 2.24) is 0 Å². The molecular weight excluding hydrogens is 362 g/mol. The topological polar surface area (TPSA) is 95.5 Å². The van der Waals surface area contributed by atoms with Gasteiger partial charge in [-0.1, -0.05) is 24.1 Å². The van der Waals surface area contributed by atoms with Gasteiger partial charge in [-0.2, -0.15) is 0 Å². The summed E-state index contributed by atoms with van der Waals surface area (Å²) < 4.78 is 0. The Hall–Kier alpha value is -2.31. The van der Waals surface area contributed by atoms with Gasteiger partial charge in [-0.05, 0) is 25.0 Å². The second-order valence-electron chi connectivity index (χ2n) is 7.61. The predicted octanol–water partition coefficient (Wildman–Crippen LogP) is 0.301. The van der Waals surface area contributed by atoms with E-state index in [4.69, 9.17) is 39.2 Å². The van der Waals surface area contributed by atoms with Crippen LogP contribution in [0.3, 0.4) is 0 Å². The Morgan fingerprint density at radius 2 is 1.59 bits per heavy atom. The average Bonchev–Trinajstić information content (AvgIpc) is 3.15. The molecule has 0 heterocycles. The number of anilines is 3. The van der Waals surface area contributed by atoms with Crippen LogP contribution >= 0.6 is 0 Å². The summed E-state index contributed by atoms with van der Waals surface area (Å²) in [6.45, 7) is 0. The summed E-state index contributed by atoms with van der Waals surface area (Å²) in [5, 5.41) is 12.0. The number of para-hydroxylation sites is 1. The Morgan fingerprint density at radius 1 is 1.00 bits per heavy atom. The molecule has 1 fully saturated rings. The molecule has 0 aliphatic heterocycles. The first kappa shape index (κ1) is 21.4. The van der Waals surface area contributed by atoms with Crippen LogP contribution in [0, 0.1) is 0 Å². The number of aldehydes is 1. The quantitative estimate of drug-likeness (QED) is 0.278. The highest BCUT2D eigenvalue weighted by Crippen LogP contribution is 2.56. The van der Waals surface area contributed by atoms with E-state index in [0.717, 1.165) is 12.8 Å². The lowest BCUT2D eigenvalue weighted by molar-refractivity contribution is 0.112. The number of phenols is 1. The third-order valence-corrected chi connectivity index (χ3v) is 5.69. The summed E-state index contributed by atoms with van der Waals surface area (Å²) in [6, 6.07) is 4.37. The highest BCUT2D eigenvalue weighted by atomic mass is 16.3. The Balaban J connectivity index is 2.00. The highest BCUT2D eigenvalue weighted by Gasteiger charge is 2.51. The molecule has 0 atom stereocenters. The maximum Gasteiger partial charge on any atom is 0.253 e. The standard InChI is InChI=1S/C18H15B5N2O4/c19-17(20,18(21,22)23)16(6-1-2-7-16)25-12-11(14(28)15(12)29)24-10-5-3-4-9(8-26)13(10)27/h3-5,8,24-25,27H,1-2,6-7H2. The van der Waals surface area contributed by atoms with Gasteiger partial charge in [0.25, 0.3) is 10.9 Å². The first-order valence-electron chi connectivity index (χ1n) is 9.05. The van der Waals surface area contributed by atoms with Crippen molar-refractivity contribution in [1.29, 1.82) is 0 Å². The van der Waals surface area contributed by atoms with E-state index in [1.165, 1.54) is 18.2 Å². The summed E-state index contributed by atoms with van der Waals surface area (Å²) in [7, 11) is 29.9. The largest absolute Gasteiger partial charge is 0.505 e. The molecule has 6 nitrogen and oxygen atoms in total. The van der Waals surface area contributed by atoms with Crippen molar-refractivity contribution in [3.8, 4) is 5.75 Å². The summed E-state index contributed by atoms with van der Waals surface area (Å²) in [5.41, 5.74) is -2.74. The molecule has 0 aromatic heterocycles. The minimum Gasteiger partial charge on any atom is -0.505 e. The van der Waals surface area contributed by atoms with E-state index >= 15 is 0 Å². The molecule has 0 amide bonds. The van der Waals surface area contributed by atoms with Gasteiger partial charge >= 0.3 is 0 Å². The number of hydrogen-bond donors (Lipinski definition) is 3. The number of rotatable bonds is 7. The molecule has 0 unspecified atom stereocenters. The summed E-state index contributed by atoms with van der Waals surface area (Å²) in [6.07, 6.45) is 2.80. The fourth-order valence-electron chi connectivity index (χ4n) is 3.80. The number of nitrogens with one attached hydrogen (secondary N) is 2. The number of aromatic hydroxyl groups is 1. The van der Waals surface area contributed by atoms with Gasteiger partial charge in [0.1, 0.15) is 17.1 Å². The number of hydrogen-bond acceptors (Lipinski definition) is 6. The van der Waals surface area contributed by atoms with Crippen LogP contribution in [0.15, 0.2) is 27.8 Å². The fraction of sp³-hybridized carbons (Fsp3) is 0.389. The zero-order chi connectivity index (χ0) is 21.6. The minimum absolute atomic E-state index is 0.0255. The Bertz CT molecular complexity index is 1020. The van der Waals surface area contributed by atoms with Gasteiger partial charge in [-0.3, -0.25) is 14.4 Å². The lowest BCUT2D eigenvalue weighted by Crippen LogP contribution is -2.56. The first-order valence-corrected chi connectivity index (χ1v) is 9.05. The van der Waals surface area contributed by atoms with Crippen molar-refractivity contribution in [3.05, 3.63) is 44.2 Å². The maximum atomic E-state index is 12.3. The molecule has 3 rings (SSSR count). The van der Waals surface area contributed by atoms with Gasteiger partial charge in [0.2, 0.25) is 0 Å². The number of phenolic OH excluding ortho intramolecular Hbond substituents is 1. The molecule has 2 aromatic carbocycles. The smallest absolute Gasteiger partial charge is 0.253 e. The minimum atomic E-state index is -1.97. The second-order valence-corrected chi connectivity index (χ2v) is 7.61. The summed E-state index contributed by atoms with van der Waals surface area (Å²) in [5.74, 6) is -0.353. The molecule has 10 radical (unpaired) electrons. The summed E-state index contributed by atoms with van der Waals surface area (Å²) >= 11 is 0. The van der Waals surface area contributed by atoms with E-state index in [2.05, 4.69) is 10.6 Å². The predicted molar refractivity (Wildman–Crippen MR) is 117 cm³/mol. The van der Waals surface area contributed by atoms with Gasteiger partial charge in [0.05, 0.1) is 26.9 Å². The van der Waals surface area contributed by atoms with Crippen molar-refractivity contribution in [3.63, 3.8) is 0 Å². The van der Waals surface area contributed by atoms with E-state index in [1.807, 2.05) is 0 Å².